The first kappa shape index (κ1) is 13.2. The van der Waals surface area contributed by atoms with E-state index < -0.39 is 0 Å². The Balaban J connectivity index is 3.17. The van der Waals surface area contributed by atoms with Gasteiger partial charge in [-0.25, -0.2) is 0 Å². The van der Waals surface area contributed by atoms with Crippen molar-refractivity contribution < 1.29 is 9.53 Å². The van der Waals surface area contributed by atoms with Crippen molar-refractivity contribution in [2.45, 2.75) is 32.8 Å². The normalized spacial score (nSPS) is 10.5. The predicted molar refractivity (Wildman–Crippen MR) is 61.6 cm³/mol. The van der Waals surface area contributed by atoms with Gasteiger partial charge in [-0.15, -0.1) is 0 Å². The van der Waals surface area contributed by atoms with Gasteiger partial charge >= 0.3 is 5.97 Å². The van der Waals surface area contributed by atoms with E-state index in [0.29, 0.717) is 6.42 Å². The molecule has 0 atom stereocenters. The minimum absolute atomic E-state index is 0.00921. The Morgan fingerprint density at radius 2 is 2.15 bits per heavy atom. The maximum atomic E-state index is 11.0. The fourth-order valence-electron chi connectivity index (χ4n) is 0.746. The summed E-state index contributed by atoms with van der Waals surface area (Å²) < 4.78 is 4.99. The van der Waals surface area contributed by atoms with E-state index in [1.54, 1.807) is 11.8 Å². The average molecular weight is 222 g/mol. The van der Waals surface area contributed by atoms with Crippen molar-refractivity contribution in [1.29, 1.82) is 0 Å². The van der Waals surface area contributed by atoms with Crippen LogP contribution >= 0.6 is 24.4 Å². The minimum Gasteiger partial charge on any atom is -0.463 e. The molecule has 0 amide bonds. The maximum Gasteiger partial charge on any atom is 0.306 e. The zero-order chi connectivity index (χ0) is 10.1. The summed E-state index contributed by atoms with van der Waals surface area (Å²) in [7, 11) is 0. The summed E-state index contributed by atoms with van der Waals surface area (Å²) in [5, 5.41) is 0. The number of ether oxygens (including phenoxy) is 1. The molecule has 0 N–H and O–H groups in total. The lowest BCUT2D eigenvalue weighted by atomic mass is 10.4. The Morgan fingerprint density at radius 3 is 2.69 bits per heavy atom. The Morgan fingerprint density at radius 1 is 1.46 bits per heavy atom. The summed E-state index contributed by atoms with van der Waals surface area (Å²) >= 11 is 5.89. The average Bonchev–Trinajstić information content (AvgIpc) is 2.02. The highest BCUT2D eigenvalue weighted by Crippen LogP contribution is 2.06. The Hall–Kier alpha value is 0.170. The van der Waals surface area contributed by atoms with Crippen LogP contribution in [0.15, 0.2) is 0 Å². The van der Waals surface area contributed by atoms with Crippen LogP contribution in [0.4, 0.5) is 0 Å². The molecule has 0 aliphatic heterocycles. The molecular formula is C9H18O2S2. The van der Waals surface area contributed by atoms with E-state index in [0.717, 1.165) is 23.7 Å². The molecule has 0 bridgehead atoms. The van der Waals surface area contributed by atoms with Crippen molar-refractivity contribution in [1.82, 2.24) is 0 Å². The summed E-state index contributed by atoms with van der Waals surface area (Å²) in [6, 6.07) is 0. The fourth-order valence-corrected chi connectivity index (χ4v) is 1.98. The topological polar surface area (TPSA) is 26.3 Å². The van der Waals surface area contributed by atoms with Gasteiger partial charge in [-0.1, -0.05) is 0 Å². The first-order chi connectivity index (χ1) is 6.16. The van der Waals surface area contributed by atoms with E-state index in [1.165, 1.54) is 0 Å². The summed E-state index contributed by atoms with van der Waals surface area (Å²) in [4.78, 5) is 11.0. The van der Waals surface area contributed by atoms with Gasteiger partial charge in [-0.2, -0.15) is 24.4 Å². The molecule has 2 nitrogen and oxygen atoms in total. The van der Waals surface area contributed by atoms with Crippen LogP contribution in [0.1, 0.15) is 26.7 Å². The second-order valence-electron chi connectivity index (χ2n) is 2.98. The molecule has 78 valence electrons. The largest absolute Gasteiger partial charge is 0.463 e. The Labute approximate surface area is 90.2 Å². The fraction of sp³-hybridized carbons (Fsp3) is 0.889. The Kier molecular flexibility index (Phi) is 8.87. The molecule has 13 heavy (non-hydrogen) atoms. The first-order valence-corrected chi connectivity index (χ1v) is 6.33. The highest BCUT2D eigenvalue weighted by molar-refractivity contribution is 7.99. The number of carbonyl (C=O) groups excluding carboxylic acids is 1. The van der Waals surface area contributed by atoms with Gasteiger partial charge in [0.25, 0.3) is 0 Å². The lowest BCUT2D eigenvalue weighted by Crippen LogP contribution is -2.11. The summed E-state index contributed by atoms with van der Waals surface area (Å²) in [6.07, 6.45) is 1.64. The number of thiol groups is 1. The molecule has 0 saturated carbocycles. The van der Waals surface area contributed by atoms with Crippen LogP contribution in [0.3, 0.4) is 0 Å². The zero-order valence-electron chi connectivity index (χ0n) is 8.28. The molecule has 4 heteroatoms. The van der Waals surface area contributed by atoms with Crippen LogP contribution in [0, 0.1) is 0 Å². The minimum atomic E-state index is -0.0895. The van der Waals surface area contributed by atoms with Crippen LogP contribution in [-0.4, -0.2) is 29.3 Å². The van der Waals surface area contributed by atoms with E-state index in [-0.39, 0.29) is 12.1 Å². The zero-order valence-corrected chi connectivity index (χ0v) is 10.00. The molecule has 0 saturated heterocycles. The van der Waals surface area contributed by atoms with Crippen LogP contribution in [0.25, 0.3) is 0 Å². The molecule has 0 aliphatic rings. The molecule has 0 unspecified atom stereocenters. The van der Waals surface area contributed by atoms with Crippen LogP contribution in [0.2, 0.25) is 0 Å². The van der Waals surface area contributed by atoms with Gasteiger partial charge in [-0.3, -0.25) is 4.79 Å². The number of hydrogen-bond donors (Lipinski definition) is 1. The van der Waals surface area contributed by atoms with Crippen molar-refractivity contribution >= 4 is 30.4 Å². The first-order valence-electron chi connectivity index (χ1n) is 4.55. The molecule has 0 radical (unpaired) electrons. The van der Waals surface area contributed by atoms with E-state index >= 15 is 0 Å². The molecule has 0 spiro atoms. The molecule has 0 aromatic heterocycles. The van der Waals surface area contributed by atoms with Crippen molar-refractivity contribution in [3.8, 4) is 0 Å². The van der Waals surface area contributed by atoms with Crippen LogP contribution in [0.5, 0.6) is 0 Å². The van der Waals surface area contributed by atoms with Crippen molar-refractivity contribution in [3.05, 3.63) is 0 Å². The lowest BCUT2D eigenvalue weighted by molar-refractivity contribution is -0.146. The van der Waals surface area contributed by atoms with Gasteiger partial charge in [0.2, 0.25) is 0 Å². The molecule has 0 fully saturated rings. The van der Waals surface area contributed by atoms with Crippen LogP contribution < -0.4 is 0 Å². The summed E-state index contributed by atoms with van der Waals surface area (Å²) in [5.74, 6) is 2.77. The number of rotatable bonds is 7. The molecule has 0 aliphatic carbocycles. The summed E-state index contributed by atoms with van der Waals surface area (Å²) in [6.45, 7) is 3.73. The highest BCUT2D eigenvalue weighted by Gasteiger charge is 2.04. The van der Waals surface area contributed by atoms with Crippen molar-refractivity contribution in [2.75, 3.05) is 17.3 Å². The molecule has 0 aromatic carbocycles. The molecular weight excluding hydrogens is 204 g/mol. The lowest BCUT2D eigenvalue weighted by Gasteiger charge is -2.06. The third-order valence-corrected chi connectivity index (χ3v) is 2.65. The third kappa shape index (κ3) is 10.1. The number of thioether (sulfide) groups is 1. The van der Waals surface area contributed by atoms with Gasteiger partial charge in [-0.05, 0) is 31.8 Å². The molecule has 0 rings (SSSR count). The number of hydrogen-bond acceptors (Lipinski definition) is 4. The summed E-state index contributed by atoms with van der Waals surface area (Å²) in [5.41, 5.74) is 0. The van der Waals surface area contributed by atoms with Gasteiger partial charge in [0.05, 0.1) is 12.5 Å². The second kappa shape index (κ2) is 8.75. The van der Waals surface area contributed by atoms with E-state index in [2.05, 4.69) is 12.6 Å². The third-order valence-electron chi connectivity index (χ3n) is 1.26. The van der Waals surface area contributed by atoms with E-state index in [1.807, 2.05) is 13.8 Å². The SMILES string of the molecule is CC(C)OC(=O)CCSCCCS. The highest BCUT2D eigenvalue weighted by atomic mass is 32.2. The number of esters is 1. The van der Waals surface area contributed by atoms with Gasteiger partial charge in [0, 0.05) is 5.75 Å². The molecule has 0 aromatic rings. The molecule has 0 heterocycles. The van der Waals surface area contributed by atoms with Gasteiger partial charge in [0.15, 0.2) is 0 Å². The predicted octanol–water partition coefficient (Wildman–Crippen LogP) is 2.38. The smallest absolute Gasteiger partial charge is 0.306 e. The van der Waals surface area contributed by atoms with E-state index in [9.17, 15) is 4.79 Å². The van der Waals surface area contributed by atoms with Crippen molar-refractivity contribution in [3.63, 3.8) is 0 Å². The monoisotopic (exact) mass is 222 g/mol. The maximum absolute atomic E-state index is 11.0. The quantitative estimate of drug-likeness (QED) is 0.407. The second-order valence-corrected chi connectivity index (χ2v) is 4.65. The van der Waals surface area contributed by atoms with Crippen LogP contribution in [-0.2, 0) is 9.53 Å². The Bertz CT molecular complexity index is 138. The van der Waals surface area contributed by atoms with Gasteiger partial charge < -0.3 is 4.74 Å². The number of carbonyl (C=O) groups is 1. The standard InChI is InChI=1S/C9H18O2S2/c1-8(2)11-9(10)4-7-13-6-3-5-12/h8,12H,3-7H2,1-2H3. The van der Waals surface area contributed by atoms with Crippen molar-refractivity contribution in [2.24, 2.45) is 0 Å². The van der Waals surface area contributed by atoms with Gasteiger partial charge in [0.1, 0.15) is 0 Å². The van der Waals surface area contributed by atoms with E-state index in [4.69, 9.17) is 4.74 Å².